The highest BCUT2D eigenvalue weighted by molar-refractivity contribution is 5.37. The Morgan fingerprint density at radius 3 is 2.76 bits per heavy atom. The molecule has 0 spiro atoms. The van der Waals surface area contributed by atoms with Gasteiger partial charge in [0.15, 0.2) is 0 Å². The highest BCUT2D eigenvalue weighted by atomic mass is 14.8. The van der Waals surface area contributed by atoms with Crippen molar-refractivity contribution in [1.82, 2.24) is 5.32 Å². The Labute approximate surface area is 104 Å². The second-order valence-corrected chi connectivity index (χ2v) is 4.88. The van der Waals surface area contributed by atoms with Crippen molar-refractivity contribution in [3.8, 4) is 6.07 Å². The van der Waals surface area contributed by atoms with Crippen LogP contribution in [-0.2, 0) is 6.54 Å². The summed E-state index contributed by atoms with van der Waals surface area (Å²) in [5.41, 5.74) is 1.90. The molecule has 1 fully saturated rings. The molecule has 2 nitrogen and oxygen atoms in total. The Morgan fingerprint density at radius 2 is 2.00 bits per heavy atom. The average molecular weight is 228 g/mol. The van der Waals surface area contributed by atoms with E-state index in [0.29, 0.717) is 0 Å². The van der Waals surface area contributed by atoms with Crippen LogP contribution >= 0.6 is 0 Å². The topological polar surface area (TPSA) is 35.8 Å². The quantitative estimate of drug-likeness (QED) is 0.785. The zero-order valence-corrected chi connectivity index (χ0v) is 10.3. The fraction of sp³-hybridized carbons (Fsp3) is 0.533. The Kier molecular flexibility index (Phi) is 4.58. The van der Waals surface area contributed by atoms with Gasteiger partial charge in [-0.2, -0.15) is 5.26 Å². The fourth-order valence-electron chi connectivity index (χ4n) is 2.61. The second-order valence-electron chi connectivity index (χ2n) is 4.88. The SMILES string of the molecule is N#Cc1ccccc1CNCCC1CCCC1. The van der Waals surface area contributed by atoms with Gasteiger partial charge in [0.1, 0.15) is 0 Å². The van der Waals surface area contributed by atoms with Gasteiger partial charge in [-0.1, -0.05) is 43.9 Å². The van der Waals surface area contributed by atoms with Crippen LogP contribution < -0.4 is 5.32 Å². The molecule has 2 heteroatoms. The van der Waals surface area contributed by atoms with Crippen molar-refractivity contribution >= 4 is 0 Å². The van der Waals surface area contributed by atoms with Crippen molar-refractivity contribution in [2.24, 2.45) is 5.92 Å². The predicted octanol–water partition coefficient (Wildman–Crippen LogP) is 3.23. The molecule has 0 bridgehead atoms. The van der Waals surface area contributed by atoms with Crippen LogP contribution in [0, 0.1) is 17.2 Å². The molecule has 1 N–H and O–H groups in total. The first-order chi connectivity index (χ1) is 8.40. The van der Waals surface area contributed by atoms with Gasteiger partial charge in [-0.05, 0) is 30.5 Å². The number of nitrogens with one attached hydrogen (secondary N) is 1. The van der Waals surface area contributed by atoms with Gasteiger partial charge < -0.3 is 5.32 Å². The molecule has 2 rings (SSSR count). The van der Waals surface area contributed by atoms with Crippen molar-refractivity contribution < 1.29 is 0 Å². The summed E-state index contributed by atoms with van der Waals surface area (Å²) in [7, 11) is 0. The predicted molar refractivity (Wildman–Crippen MR) is 69.4 cm³/mol. The smallest absolute Gasteiger partial charge is 0.0995 e. The molecule has 1 saturated carbocycles. The highest BCUT2D eigenvalue weighted by Crippen LogP contribution is 2.26. The van der Waals surface area contributed by atoms with Gasteiger partial charge in [0.2, 0.25) is 0 Å². The number of nitrogens with zero attached hydrogens (tertiary/aromatic N) is 1. The van der Waals surface area contributed by atoms with Crippen LogP contribution in [0.15, 0.2) is 24.3 Å². The summed E-state index contributed by atoms with van der Waals surface area (Å²) in [5.74, 6) is 0.939. The van der Waals surface area contributed by atoms with Crippen molar-refractivity contribution in [2.45, 2.75) is 38.6 Å². The molecule has 90 valence electrons. The Morgan fingerprint density at radius 1 is 1.24 bits per heavy atom. The van der Waals surface area contributed by atoms with E-state index in [0.717, 1.165) is 30.1 Å². The van der Waals surface area contributed by atoms with Crippen molar-refractivity contribution in [3.05, 3.63) is 35.4 Å². The summed E-state index contributed by atoms with van der Waals surface area (Å²) in [4.78, 5) is 0. The van der Waals surface area contributed by atoms with Crippen LogP contribution in [0.3, 0.4) is 0 Å². The first kappa shape index (κ1) is 12.1. The van der Waals surface area contributed by atoms with Crippen LogP contribution in [-0.4, -0.2) is 6.54 Å². The van der Waals surface area contributed by atoms with Crippen LogP contribution in [0.5, 0.6) is 0 Å². The van der Waals surface area contributed by atoms with Crippen LogP contribution in [0.2, 0.25) is 0 Å². The Hall–Kier alpha value is -1.33. The first-order valence-electron chi connectivity index (χ1n) is 6.59. The minimum atomic E-state index is 0.792. The average Bonchev–Trinajstić information content (AvgIpc) is 2.88. The third-order valence-corrected chi connectivity index (χ3v) is 3.66. The molecule has 1 aliphatic rings. The lowest BCUT2D eigenvalue weighted by molar-refractivity contribution is 0.477. The van der Waals surface area contributed by atoms with Gasteiger partial charge in [-0.15, -0.1) is 0 Å². The van der Waals surface area contributed by atoms with E-state index in [2.05, 4.69) is 11.4 Å². The van der Waals surface area contributed by atoms with Crippen molar-refractivity contribution in [1.29, 1.82) is 5.26 Å². The van der Waals surface area contributed by atoms with E-state index in [1.807, 2.05) is 24.3 Å². The third-order valence-electron chi connectivity index (χ3n) is 3.66. The molecule has 1 aromatic carbocycles. The molecule has 0 atom stereocenters. The lowest BCUT2D eigenvalue weighted by atomic mass is 10.0. The molecule has 1 aromatic rings. The van der Waals surface area contributed by atoms with Gasteiger partial charge in [-0.25, -0.2) is 0 Å². The molecule has 0 aliphatic heterocycles. The summed E-state index contributed by atoms with van der Waals surface area (Å²) in [6.45, 7) is 1.89. The minimum Gasteiger partial charge on any atom is -0.313 e. The van der Waals surface area contributed by atoms with Gasteiger partial charge in [-0.3, -0.25) is 0 Å². The lowest BCUT2D eigenvalue weighted by Gasteiger charge is -2.10. The largest absolute Gasteiger partial charge is 0.313 e. The van der Waals surface area contributed by atoms with E-state index in [1.165, 1.54) is 32.1 Å². The van der Waals surface area contributed by atoms with Crippen molar-refractivity contribution in [2.75, 3.05) is 6.54 Å². The van der Waals surface area contributed by atoms with E-state index in [9.17, 15) is 0 Å². The second kappa shape index (κ2) is 6.42. The molecule has 0 saturated heterocycles. The summed E-state index contributed by atoms with van der Waals surface area (Å²) >= 11 is 0. The van der Waals surface area contributed by atoms with E-state index >= 15 is 0 Å². The summed E-state index contributed by atoms with van der Waals surface area (Å²) in [6.07, 6.45) is 6.95. The lowest BCUT2D eigenvalue weighted by Crippen LogP contribution is -2.17. The number of hydrogen-bond acceptors (Lipinski definition) is 2. The first-order valence-corrected chi connectivity index (χ1v) is 6.59. The van der Waals surface area contributed by atoms with E-state index in [-0.39, 0.29) is 0 Å². The highest BCUT2D eigenvalue weighted by Gasteiger charge is 2.13. The standard InChI is InChI=1S/C15H20N2/c16-11-14-7-3-4-8-15(14)12-17-10-9-13-5-1-2-6-13/h3-4,7-8,13,17H,1-2,5-6,9-10,12H2. The third kappa shape index (κ3) is 3.57. The maximum absolute atomic E-state index is 8.97. The van der Waals surface area contributed by atoms with E-state index in [1.54, 1.807) is 0 Å². The molecule has 0 heterocycles. The van der Waals surface area contributed by atoms with Gasteiger partial charge in [0.05, 0.1) is 11.6 Å². The summed E-state index contributed by atoms with van der Waals surface area (Å²) in [5, 5.41) is 12.4. The zero-order chi connectivity index (χ0) is 11.9. The van der Waals surface area contributed by atoms with Crippen LogP contribution in [0.1, 0.15) is 43.2 Å². The molecule has 1 aliphatic carbocycles. The molecule has 0 unspecified atom stereocenters. The number of benzene rings is 1. The number of hydrogen-bond donors (Lipinski definition) is 1. The van der Waals surface area contributed by atoms with Crippen LogP contribution in [0.4, 0.5) is 0 Å². The normalized spacial score (nSPS) is 15.9. The van der Waals surface area contributed by atoms with Gasteiger partial charge in [0.25, 0.3) is 0 Å². The zero-order valence-electron chi connectivity index (χ0n) is 10.3. The Bertz CT molecular complexity index is 386. The molecule has 0 radical (unpaired) electrons. The van der Waals surface area contributed by atoms with Gasteiger partial charge >= 0.3 is 0 Å². The Balaban J connectivity index is 1.72. The summed E-state index contributed by atoms with van der Waals surface area (Å²) < 4.78 is 0. The van der Waals surface area contributed by atoms with Crippen molar-refractivity contribution in [3.63, 3.8) is 0 Å². The number of rotatable bonds is 5. The minimum absolute atomic E-state index is 0.792. The molecule has 17 heavy (non-hydrogen) atoms. The molecule has 0 amide bonds. The monoisotopic (exact) mass is 228 g/mol. The fourth-order valence-corrected chi connectivity index (χ4v) is 2.61. The van der Waals surface area contributed by atoms with Crippen LogP contribution in [0.25, 0.3) is 0 Å². The molecular weight excluding hydrogens is 208 g/mol. The molecular formula is C15H20N2. The number of nitriles is 1. The van der Waals surface area contributed by atoms with E-state index in [4.69, 9.17) is 5.26 Å². The molecule has 0 aromatic heterocycles. The maximum Gasteiger partial charge on any atom is 0.0995 e. The van der Waals surface area contributed by atoms with Gasteiger partial charge in [0, 0.05) is 6.54 Å². The summed E-state index contributed by atoms with van der Waals surface area (Å²) in [6, 6.07) is 10.1. The van der Waals surface area contributed by atoms with E-state index < -0.39 is 0 Å². The maximum atomic E-state index is 8.97.